The molecule has 1 amide bonds. The van der Waals surface area contributed by atoms with Crippen LogP contribution in [0.3, 0.4) is 0 Å². The Balaban J connectivity index is 1.46. The number of carbonyl (C=O) groups is 1. The van der Waals surface area contributed by atoms with Crippen molar-refractivity contribution in [3.63, 3.8) is 0 Å². The number of nitrogens with one attached hydrogen (secondary N) is 5. The van der Waals surface area contributed by atoms with Crippen molar-refractivity contribution in [2.24, 2.45) is 11.3 Å². The van der Waals surface area contributed by atoms with Crippen molar-refractivity contribution in [3.05, 3.63) is 71.6 Å². The molecule has 8 nitrogen and oxygen atoms in total. The maximum atomic E-state index is 12.9. The molecule has 1 saturated carbocycles. The number of H-pyrrole nitrogens is 1. The van der Waals surface area contributed by atoms with Crippen molar-refractivity contribution in [2.45, 2.75) is 46.5 Å². The molecular formula is C31H41N7O. The van der Waals surface area contributed by atoms with Crippen LogP contribution in [0.15, 0.2) is 49.1 Å². The first-order valence-corrected chi connectivity index (χ1v) is 13.7. The minimum atomic E-state index is -0.109. The van der Waals surface area contributed by atoms with Crippen LogP contribution in [0.25, 0.3) is 22.3 Å². The quantitative estimate of drug-likeness (QED) is 0.219. The number of likely N-dealkylation sites (N-methyl/N-ethyl adjacent to an activating group) is 1. The van der Waals surface area contributed by atoms with Gasteiger partial charge < -0.3 is 26.3 Å². The van der Waals surface area contributed by atoms with E-state index >= 15 is 0 Å². The number of hydrogen-bond acceptors (Lipinski definition) is 6. The number of amides is 1. The third kappa shape index (κ3) is 6.96. The summed E-state index contributed by atoms with van der Waals surface area (Å²) in [5.41, 5.74) is 9.85. The molecule has 3 heterocycles. The first-order chi connectivity index (χ1) is 18.7. The maximum absolute atomic E-state index is 12.9. The number of hydrogen-bond donors (Lipinski definition) is 5. The molecule has 3 aromatic heterocycles. The van der Waals surface area contributed by atoms with Gasteiger partial charge in [0.1, 0.15) is 5.65 Å². The second-order valence-electron chi connectivity index (χ2n) is 11.2. The van der Waals surface area contributed by atoms with E-state index in [-0.39, 0.29) is 5.91 Å². The average Bonchev–Trinajstić information content (AvgIpc) is 3.49. The van der Waals surface area contributed by atoms with Gasteiger partial charge in [0.15, 0.2) is 0 Å². The van der Waals surface area contributed by atoms with Crippen LogP contribution in [0.2, 0.25) is 0 Å². The molecule has 0 aliphatic heterocycles. The number of nitrogens with zero attached hydrogens (tertiary/aromatic N) is 2. The van der Waals surface area contributed by atoms with Gasteiger partial charge in [0.25, 0.3) is 5.91 Å². The van der Waals surface area contributed by atoms with Crippen molar-refractivity contribution in [1.29, 1.82) is 0 Å². The zero-order valence-corrected chi connectivity index (χ0v) is 23.8. The monoisotopic (exact) mass is 527 g/mol. The summed E-state index contributed by atoms with van der Waals surface area (Å²) in [7, 11) is 3.80. The van der Waals surface area contributed by atoms with Gasteiger partial charge in [-0.2, -0.15) is 0 Å². The lowest BCUT2D eigenvalue weighted by Crippen LogP contribution is -2.26. The van der Waals surface area contributed by atoms with Gasteiger partial charge >= 0.3 is 0 Å². The van der Waals surface area contributed by atoms with E-state index < -0.39 is 0 Å². The van der Waals surface area contributed by atoms with Gasteiger partial charge in [0.05, 0.1) is 22.6 Å². The smallest absolute Gasteiger partial charge is 0.252 e. The summed E-state index contributed by atoms with van der Waals surface area (Å²) in [6.45, 7) is 11.8. The first-order valence-electron chi connectivity index (χ1n) is 13.7. The highest BCUT2D eigenvalue weighted by molar-refractivity contribution is 5.95. The molecule has 0 saturated heterocycles. The molecule has 206 valence electrons. The lowest BCUT2D eigenvalue weighted by Gasteiger charge is -2.17. The van der Waals surface area contributed by atoms with E-state index in [1.54, 1.807) is 12.4 Å². The molecule has 1 fully saturated rings. The summed E-state index contributed by atoms with van der Waals surface area (Å²) >= 11 is 0. The molecule has 1 aliphatic carbocycles. The Labute approximate surface area is 231 Å². The second-order valence-corrected chi connectivity index (χ2v) is 11.2. The highest BCUT2D eigenvalue weighted by Crippen LogP contribution is 2.42. The fourth-order valence-corrected chi connectivity index (χ4v) is 5.37. The van der Waals surface area contributed by atoms with Crippen LogP contribution in [0.5, 0.6) is 0 Å². The van der Waals surface area contributed by atoms with Crippen LogP contribution < -0.4 is 21.3 Å². The van der Waals surface area contributed by atoms with Crippen LogP contribution in [0, 0.1) is 18.3 Å². The van der Waals surface area contributed by atoms with Crippen LogP contribution in [0.4, 0.5) is 5.69 Å². The second kappa shape index (κ2) is 12.3. The summed E-state index contributed by atoms with van der Waals surface area (Å²) in [6.07, 6.45) is 10.1. The van der Waals surface area contributed by atoms with Crippen molar-refractivity contribution >= 4 is 33.9 Å². The molecule has 1 atom stereocenters. The number of pyridine rings is 2. The highest BCUT2D eigenvalue weighted by Gasteiger charge is 2.30. The van der Waals surface area contributed by atoms with Crippen LogP contribution >= 0.6 is 0 Å². The molecule has 0 bridgehead atoms. The normalized spacial score (nSPS) is 16.6. The third-order valence-electron chi connectivity index (χ3n) is 7.48. The zero-order chi connectivity index (χ0) is 28.0. The molecule has 3 aromatic rings. The molecule has 0 aromatic carbocycles. The van der Waals surface area contributed by atoms with E-state index in [0.29, 0.717) is 29.1 Å². The Morgan fingerprint density at radius 3 is 2.69 bits per heavy atom. The van der Waals surface area contributed by atoms with Crippen LogP contribution in [0.1, 0.15) is 66.8 Å². The Bertz CT molecular complexity index is 1410. The minimum Gasteiger partial charge on any atom is -0.394 e. The lowest BCUT2D eigenvalue weighted by atomic mass is 9.90. The molecule has 0 radical (unpaired) electrons. The van der Waals surface area contributed by atoms with Gasteiger partial charge in [-0.05, 0) is 69.2 Å². The SMILES string of the molecule is C=C=C(Nc1cc(C(=O)NCCC2CCC(C)(C)C2)cnc1C)c1cnc2[nH]c(/C(=C/NC)CNC)cc2c1. The number of carbonyl (C=O) groups excluding carboxylic acids is 1. The molecule has 1 aliphatic rings. The Kier molecular flexibility index (Phi) is 8.90. The fraction of sp³-hybridized carbons (Fsp3) is 0.419. The third-order valence-corrected chi connectivity index (χ3v) is 7.48. The number of rotatable bonds is 11. The lowest BCUT2D eigenvalue weighted by molar-refractivity contribution is 0.0951. The van der Waals surface area contributed by atoms with E-state index in [1.807, 2.05) is 39.4 Å². The fourth-order valence-electron chi connectivity index (χ4n) is 5.37. The number of aromatic amines is 1. The van der Waals surface area contributed by atoms with Gasteiger partial charge in [-0.25, -0.2) is 4.98 Å². The van der Waals surface area contributed by atoms with E-state index in [0.717, 1.165) is 52.2 Å². The summed E-state index contributed by atoms with van der Waals surface area (Å²) in [5.74, 6) is 0.576. The van der Waals surface area contributed by atoms with Crippen molar-refractivity contribution in [1.82, 2.24) is 30.9 Å². The molecular weight excluding hydrogens is 486 g/mol. The first kappa shape index (κ1) is 28.1. The number of fused-ring (bicyclic) bond motifs is 1. The highest BCUT2D eigenvalue weighted by atomic mass is 16.1. The number of aryl methyl sites for hydroxylation is 1. The summed E-state index contributed by atoms with van der Waals surface area (Å²) in [5, 5.41) is 13.7. The van der Waals surface area contributed by atoms with E-state index in [2.05, 4.69) is 68.4 Å². The minimum absolute atomic E-state index is 0.109. The van der Waals surface area contributed by atoms with Gasteiger partial charge in [0, 0.05) is 60.9 Å². The summed E-state index contributed by atoms with van der Waals surface area (Å²) in [6, 6.07) is 5.96. The average molecular weight is 528 g/mol. The molecule has 1 unspecified atom stereocenters. The van der Waals surface area contributed by atoms with Gasteiger partial charge in [0.2, 0.25) is 0 Å². The molecule has 8 heteroatoms. The van der Waals surface area contributed by atoms with Crippen molar-refractivity contribution < 1.29 is 4.79 Å². The predicted molar refractivity (Wildman–Crippen MR) is 160 cm³/mol. The molecule has 0 spiro atoms. The molecule has 5 N–H and O–H groups in total. The van der Waals surface area contributed by atoms with Crippen LogP contribution in [-0.4, -0.2) is 48.0 Å². The molecule has 39 heavy (non-hydrogen) atoms. The van der Waals surface area contributed by atoms with Crippen molar-refractivity contribution in [3.8, 4) is 0 Å². The van der Waals surface area contributed by atoms with E-state index in [4.69, 9.17) is 0 Å². The van der Waals surface area contributed by atoms with E-state index in [9.17, 15) is 4.79 Å². The Morgan fingerprint density at radius 1 is 1.21 bits per heavy atom. The topological polar surface area (TPSA) is 107 Å². The summed E-state index contributed by atoms with van der Waals surface area (Å²) in [4.78, 5) is 25.4. The Morgan fingerprint density at radius 2 is 2.00 bits per heavy atom. The standard InChI is InChI=1S/C31H41N7O/c1-7-26(23-12-22-13-28(38-29(22)36-18-23)25(16-32-5)17-33-6)37-27-14-24(19-35-20(27)2)30(39)34-11-9-21-8-10-31(3,4)15-21/h12-14,16,18-19,21,32-33,37H,1,8-11,15,17H2,2-6H3,(H,34,39)(H,36,38)/b25-16+. The van der Waals surface area contributed by atoms with Gasteiger partial charge in [-0.1, -0.05) is 20.4 Å². The van der Waals surface area contributed by atoms with Crippen LogP contribution in [-0.2, 0) is 0 Å². The number of aromatic nitrogens is 3. The maximum Gasteiger partial charge on any atom is 0.252 e. The number of anilines is 1. The predicted octanol–water partition coefficient (Wildman–Crippen LogP) is 5.23. The van der Waals surface area contributed by atoms with Gasteiger partial charge in [-0.15, -0.1) is 5.73 Å². The Hall–Kier alpha value is -3.87. The van der Waals surface area contributed by atoms with E-state index in [1.165, 1.54) is 19.3 Å². The largest absolute Gasteiger partial charge is 0.394 e. The molecule has 4 rings (SSSR count). The summed E-state index contributed by atoms with van der Waals surface area (Å²) < 4.78 is 0. The van der Waals surface area contributed by atoms with Crippen molar-refractivity contribution in [2.75, 3.05) is 32.5 Å². The van der Waals surface area contributed by atoms with Gasteiger partial charge in [-0.3, -0.25) is 9.78 Å². The zero-order valence-electron chi connectivity index (χ0n) is 23.8.